The summed E-state index contributed by atoms with van der Waals surface area (Å²) in [7, 11) is 0. The third-order valence-electron chi connectivity index (χ3n) is 5.07. The Morgan fingerprint density at radius 1 is 1.13 bits per heavy atom. The maximum Gasteiger partial charge on any atom is 0.280 e. The van der Waals surface area contributed by atoms with Crippen LogP contribution in [-0.2, 0) is 4.79 Å². The van der Waals surface area contributed by atoms with Gasteiger partial charge in [-0.2, -0.15) is 0 Å². The molecule has 0 saturated heterocycles. The number of para-hydroxylation sites is 2. The normalized spacial score (nSPS) is 14.4. The Balaban J connectivity index is 1.43. The molecule has 3 heterocycles. The molecule has 1 aliphatic heterocycles. The van der Waals surface area contributed by atoms with E-state index in [9.17, 15) is 14.4 Å². The number of aromatic amines is 1. The van der Waals surface area contributed by atoms with Crippen LogP contribution in [0.15, 0.2) is 42.6 Å². The number of carbonyl (C=O) groups excluding carboxylic acids is 3. The lowest BCUT2D eigenvalue weighted by molar-refractivity contribution is -0.122. The van der Waals surface area contributed by atoms with Crippen LogP contribution < -0.4 is 5.32 Å². The first kappa shape index (κ1) is 19.8. The molecule has 154 valence electrons. The van der Waals surface area contributed by atoms with Crippen LogP contribution in [0.2, 0.25) is 0 Å². The van der Waals surface area contributed by atoms with Crippen molar-refractivity contribution in [2.24, 2.45) is 5.92 Å². The van der Waals surface area contributed by atoms with Gasteiger partial charge in [-0.25, -0.2) is 4.98 Å². The summed E-state index contributed by atoms with van der Waals surface area (Å²) in [5, 5.41) is 3.00. The Morgan fingerprint density at radius 3 is 2.67 bits per heavy atom. The summed E-state index contributed by atoms with van der Waals surface area (Å²) in [5.74, 6) is -0.0778. The minimum absolute atomic E-state index is 0.00832. The zero-order valence-corrected chi connectivity index (χ0v) is 16.9. The Morgan fingerprint density at radius 2 is 1.93 bits per heavy atom. The van der Waals surface area contributed by atoms with Crippen molar-refractivity contribution in [3.63, 3.8) is 0 Å². The molecule has 3 amide bonds. The molecule has 2 aromatic heterocycles. The molecule has 8 heteroatoms. The fourth-order valence-electron chi connectivity index (χ4n) is 3.64. The van der Waals surface area contributed by atoms with Crippen molar-refractivity contribution < 1.29 is 14.4 Å². The van der Waals surface area contributed by atoms with Gasteiger partial charge in [-0.15, -0.1) is 0 Å². The van der Waals surface area contributed by atoms with Crippen molar-refractivity contribution in [2.75, 3.05) is 6.54 Å². The Kier molecular flexibility index (Phi) is 5.31. The molecule has 0 spiro atoms. The lowest BCUT2D eigenvalue weighted by Gasteiger charge is -2.20. The summed E-state index contributed by atoms with van der Waals surface area (Å²) < 4.78 is 0. The van der Waals surface area contributed by atoms with Gasteiger partial charge in [0.05, 0.1) is 22.6 Å². The molecular weight excluding hydrogens is 382 g/mol. The van der Waals surface area contributed by atoms with E-state index in [1.165, 1.54) is 6.20 Å². The summed E-state index contributed by atoms with van der Waals surface area (Å²) in [6.07, 6.45) is 2.20. The quantitative estimate of drug-likeness (QED) is 0.588. The number of H-pyrrole nitrogens is 1. The second kappa shape index (κ2) is 8.06. The predicted octanol–water partition coefficient (Wildman–Crippen LogP) is 2.85. The number of benzene rings is 1. The number of aromatic nitrogens is 3. The Bertz CT molecular complexity index is 1050. The second-order valence-corrected chi connectivity index (χ2v) is 7.80. The highest BCUT2D eigenvalue weighted by atomic mass is 16.2. The summed E-state index contributed by atoms with van der Waals surface area (Å²) in [6.45, 7) is 4.16. The average Bonchev–Trinajstić information content (AvgIpc) is 3.26. The van der Waals surface area contributed by atoms with Gasteiger partial charge in [0.25, 0.3) is 11.8 Å². The van der Waals surface area contributed by atoms with Gasteiger partial charge >= 0.3 is 0 Å². The lowest BCUT2D eigenvalue weighted by atomic mass is 10.0. The first-order valence-corrected chi connectivity index (χ1v) is 9.99. The molecule has 1 unspecified atom stereocenters. The van der Waals surface area contributed by atoms with Gasteiger partial charge in [0.2, 0.25) is 5.91 Å². The van der Waals surface area contributed by atoms with Crippen molar-refractivity contribution in [1.29, 1.82) is 0 Å². The van der Waals surface area contributed by atoms with E-state index in [-0.39, 0.29) is 36.2 Å². The zero-order chi connectivity index (χ0) is 21.3. The van der Waals surface area contributed by atoms with E-state index in [0.29, 0.717) is 18.2 Å². The molecule has 0 bridgehead atoms. The summed E-state index contributed by atoms with van der Waals surface area (Å²) in [6, 6.07) is 10.6. The maximum atomic E-state index is 12.6. The van der Waals surface area contributed by atoms with E-state index in [2.05, 4.69) is 34.1 Å². The van der Waals surface area contributed by atoms with E-state index >= 15 is 0 Å². The minimum Gasteiger partial charge on any atom is -0.346 e. The Hall–Kier alpha value is -3.55. The molecule has 0 aliphatic carbocycles. The number of imide groups is 1. The number of hydrogen-bond donors (Lipinski definition) is 2. The largest absolute Gasteiger partial charge is 0.346 e. The molecule has 0 saturated carbocycles. The van der Waals surface area contributed by atoms with E-state index in [1.807, 2.05) is 24.3 Å². The monoisotopic (exact) mass is 405 g/mol. The third-order valence-corrected chi connectivity index (χ3v) is 5.07. The van der Waals surface area contributed by atoms with Gasteiger partial charge in [0.15, 0.2) is 0 Å². The van der Waals surface area contributed by atoms with Crippen molar-refractivity contribution in [1.82, 2.24) is 25.2 Å². The highest BCUT2D eigenvalue weighted by molar-refractivity contribution is 6.20. The van der Waals surface area contributed by atoms with E-state index in [1.54, 1.807) is 12.1 Å². The van der Waals surface area contributed by atoms with Crippen molar-refractivity contribution in [3.05, 3.63) is 59.7 Å². The SMILES string of the molecule is CC(C)CC(NC(=O)CCN1C(=O)c2cccnc2C1=O)c1nc2ccccc2[nH]1. The number of rotatable bonds is 7. The number of amides is 3. The summed E-state index contributed by atoms with van der Waals surface area (Å²) in [4.78, 5) is 50.4. The molecule has 30 heavy (non-hydrogen) atoms. The molecule has 1 atom stereocenters. The number of carbonyl (C=O) groups is 3. The smallest absolute Gasteiger partial charge is 0.280 e. The van der Waals surface area contributed by atoms with Gasteiger partial charge in [-0.3, -0.25) is 24.3 Å². The highest BCUT2D eigenvalue weighted by Crippen LogP contribution is 2.23. The zero-order valence-electron chi connectivity index (χ0n) is 16.9. The molecule has 4 rings (SSSR count). The van der Waals surface area contributed by atoms with Gasteiger partial charge < -0.3 is 10.3 Å². The van der Waals surface area contributed by atoms with Crippen LogP contribution in [0.5, 0.6) is 0 Å². The summed E-state index contributed by atoms with van der Waals surface area (Å²) >= 11 is 0. The maximum absolute atomic E-state index is 12.6. The topological polar surface area (TPSA) is 108 Å². The van der Waals surface area contributed by atoms with Crippen LogP contribution in [0.25, 0.3) is 11.0 Å². The second-order valence-electron chi connectivity index (χ2n) is 7.80. The fourth-order valence-corrected chi connectivity index (χ4v) is 3.64. The van der Waals surface area contributed by atoms with Crippen molar-refractivity contribution in [3.8, 4) is 0 Å². The number of fused-ring (bicyclic) bond motifs is 2. The number of hydrogen-bond acceptors (Lipinski definition) is 5. The van der Waals surface area contributed by atoms with E-state index in [0.717, 1.165) is 15.9 Å². The highest BCUT2D eigenvalue weighted by Gasteiger charge is 2.36. The average molecular weight is 405 g/mol. The molecule has 1 aromatic carbocycles. The fraction of sp³-hybridized carbons (Fsp3) is 0.318. The van der Waals surface area contributed by atoms with Crippen LogP contribution in [-0.4, -0.2) is 44.1 Å². The minimum atomic E-state index is -0.459. The van der Waals surface area contributed by atoms with Crippen LogP contribution in [0.3, 0.4) is 0 Å². The summed E-state index contributed by atoms with van der Waals surface area (Å²) in [5.41, 5.74) is 2.17. The molecule has 0 radical (unpaired) electrons. The third kappa shape index (κ3) is 3.80. The predicted molar refractivity (Wildman–Crippen MR) is 111 cm³/mol. The van der Waals surface area contributed by atoms with Crippen LogP contribution >= 0.6 is 0 Å². The Labute approximate surface area is 173 Å². The van der Waals surface area contributed by atoms with Gasteiger partial charge in [-0.05, 0) is 36.6 Å². The van der Waals surface area contributed by atoms with Crippen LogP contribution in [0.4, 0.5) is 0 Å². The van der Waals surface area contributed by atoms with Gasteiger partial charge in [0.1, 0.15) is 11.5 Å². The molecule has 2 N–H and O–H groups in total. The van der Waals surface area contributed by atoms with Gasteiger partial charge in [-0.1, -0.05) is 26.0 Å². The lowest BCUT2D eigenvalue weighted by Crippen LogP contribution is -2.36. The number of imidazole rings is 1. The first-order chi connectivity index (χ1) is 14.4. The molecule has 0 fully saturated rings. The van der Waals surface area contributed by atoms with Crippen molar-refractivity contribution >= 4 is 28.8 Å². The van der Waals surface area contributed by atoms with Crippen LogP contribution in [0, 0.1) is 5.92 Å². The molecular formula is C22H23N5O3. The molecule has 3 aromatic rings. The molecule has 1 aliphatic rings. The first-order valence-electron chi connectivity index (χ1n) is 9.99. The van der Waals surface area contributed by atoms with Gasteiger partial charge in [0, 0.05) is 19.2 Å². The van der Waals surface area contributed by atoms with E-state index < -0.39 is 11.8 Å². The number of nitrogens with zero attached hydrogens (tertiary/aromatic N) is 3. The number of pyridine rings is 1. The van der Waals surface area contributed by atoms with Crippen molar-refractivity contribution in [2.45, 2.75) is 32.7 Å². The molecule has 8 nitrogen and oxygen atoms in total. The number of nitrogens with one attached hydrogen (secondary N) is 2. The van der Waals surface area contributed by atoms with Crippen LogP contribution in [0.1, 0.15) is 59.4 Å². The standard InChI is InChI=1S/C22H23N5O3/c1-13(2)12-17(20-25-15-7-3-4-8-16(15)26-20)24-18(28)9-11-27-21(29)14-6-5-10-23-19(14)22(27)30/h3-8,10,13,17H,9,11-12H2,1-2H3,(H,24,28)(H,25,26). The van der Waals surface area contributed by atoms with E-state index in [4.69, 9.17) is 0 Å².